The van der Waals surface area contributed by atoms with E-state index in [1.807, 2.05) is 13.0 Å². The van der Waals surface area contributed by atoms with Gasteiger partial charge in [-0.3, -0.25) is 4.90 Å². The second kappa shape index (κ2) is 6.17. The quantitative estimate of drug-likeness (QED) is 0.850. The molecule has 0 unspecified atom stereocenters. The fourth-order valence-electron chi connectivity index (χ4n) is 2.37. The number of hydrogen-bond acceptors (Lipinski definition) is 4. The minimum atomic E-state index is 0.713. The van der Waals surface area contributed by atoms with Crippen molar-refractivity contribution in [2.24, 2.45) is 0 Å². The van der Waals surface area contributed by atoms with Gasteiger partial charge in [0.15, 0.2) is 0 Å². The molecular weight excluding hydrogens is 214 g/mol. The zero-order valence-corrected chi connectivity index (χ0v) is 10.9. The van der Waals surface area contributed by atoms with Crippen LogP contribution in [0.5, 0.6) is 0 Å². The molecule has 4 nitrogen and oxygen atoms in total. The largest absolute Gasteiger partial charge is 0.361 e. The van der Waals surface area contributed by atoms with Crippen molar-refractivity contribution < 1.29 is 4.52 Å². The molecule has 0 aliphatic carbocycles. The maximum absolute atomic E-state index is 5.09. The highest BCUT2D eigenvalue weighted by Crippen LogP contribution is 2.13. The van der Waals surface area contributed by atoms with Gasteiger partial charge in [0.25, 0.3) is 0 Å². The van der Waals surface area contributed by atoms with Crippen LogP contribution in [0.3, 0.4) is 0 Å². The van der Waals surface area contributed by atoms with Crippen molar-refractivity contribution in [1.82, 2.24) is 15.4 Å². The van der Waals surface area contributed by atoms with Gasteiger partial charge >= 0.3 is 0 Å². The second-order valence-corrected chi connectivity index (χ2v) is 4.93. The van der Waals surface area contributed by atoms with Gasteiger partial charge in [0, 0.05) is 31.7 Å². The minimum absolute atomic E-state index is 0.713. The molecular formula is C13H23N3O. The molecule has 0 saturated carbocycles. The maximum Gasteiger partial charge on any atom is 0.133 e. The van der Waals surface area contributed by atoms with Crippen molar-refractivity contribution in [1.29, 1.82) is 0 Å². The molecule has 1 aliphatic rings. The van der Waals surface area contributed by atoms with Gasteiger partial charge in [0.2, 0.25) is 0 Å². The smallest absolute Gasteiger partial charge is 0.133 e. The third kappa shape index (κ3) is 3.82. The Morgan fingerprint density at radius 1 is 1.47 bits per heavy atom. The van der Waals surface area contributed by atoms with E-state index in [0.717, 1.165) is 37.6 Å². The van der Waals surface area contributed by atoms with E-state index in [1.54, 1.807) is 0 Å². The summed E-state index contributed by atoms with van der Waals surface area (Å²) in [6.45, 7) is 8.55. The molecule has 0 amide bonds. The van der Waals surface area contributed by atoms with E-state index in [2.05, 4.69) is 22.3 Å². The highest BCUT2D eigenvalue weighted by atomic mass is 16.5. The highest BCUT2D eigenvalue weighted by molar-refractivity contribution is 5.03. The Bertz CT molecular complexity index is 329. The standard InChI is InChI=1S/C13H23N3O/c1-3-6-14-12-4-7-16(8-5-12)10-13-9-11(2)17-15-13/h9,12,14H,3-8,10H2,1-2H3. The third-order valence-electron chi connectivity index (χ3n) is 3.33. The van der Waals surface area contributed by atoms with E-state index < -0.39 is 0 Å². The van der Waals surface area contributed by atoms with Crippen LogP contribution >= 0.6 is 0 Å². The molecule has 1 fully saturated rings. The summed E-state index contributed by atoms with van der Waals surface area (Å²) in [5.41, 5.74) is 1.06. The van der Waals surface area contributed by atoms with Crippen molar-refractivity contribution in [2.75, 3.05) is 19.6 Å². The predicted octanol–water partition coefficient (Wildman–Crippen LogP) is 1.95. The summed E-state index contributed by atoms with van der Waals surface area (Å²) in [5.74, 6) is 0.902. The highest BCUT2D eigenvalue weighted by Gasteiger charge is 2.19. The number of hydrogen-bond donors (Lipinski definition) is 1. The molecule has 2 heterocycles. The summed E-state index contributed by atoms with van der Waals surface area (Å²) < 4.78 is 5.09. The summed E-state index contributed by atoms with van der Waals surface area (Å²) in [7, 11) is 0. The molecule has 0 spiro atoms. The third-order valence-corrected chi connectivity index (χ3v) is 3.33. The first-order chi connectivity index (χ1) is 8.28. The molecule has 1 aromatic heterocycles. The molecule has 17 heavy (non-hydrogen) atoms. The van der Waals surface area contributed by atoms with Gasteiger partial charge in [-0.05, 0) is 32.7 Å². The Morgan fingerprint density at radius 2 is 2.24 bits per heavy atom. The second-order valence-electron chi connectivity index (χ2n) is 4.93. The number of piperidine rings is 1. The fourth-order valence-corrected chi connectivity index (χ4v) is 2.37. The van der Waals surface area contributed by atoms with Gasteiger partial charge in [-0.25, -0.2) is 0 Å². The van der Waals surface area contributed by atoms with Crippen LogP contribution in [0.15, 0.2) is 10.6 Å². The van der Waals surface area contributed by atoms with Gasteiger partial charge in [-0.15, -0.1) is 0 Å². The topological polar surface area (TPSA) is 41.3 Å². The molecule has 1 aromatic rings. The molecule has 4 heteroatoms. The van der Waals surface area contributed by atoms with Crippen molar-refractivity contribution in [2.45, 2.75) is 45.7 Å². The normalized spacial score (nSPS) is 18.7. The zero-order valence-electron chi connectivity index (χ0n) is 10.9. The number of nitrogens with one attached hydrogen (secondary N) is 1. The van der Waals surface area contributed by atoms with Crippen LogP contribution in [-0.2, 0) is 6.54 Å². The summed E-state index contributed by atoms with van der Waals surface area (Å²) in [5, 5.41) is 7.65. The Balaban J connectivity index is 1.72. The van der Waals surface area contributed by atoms with Crippen molar-refractivity contribution in [3.8, 4) is 0 Å². The Morgan fingerprint density at radius 3 is 2.82 bits per heavy atom. The number of rotatable bonds is 5. The Labute approximate surface area is 103 Å². The lowest BCUT2D eigenvalue weighted by Crippen LogP contribution is -2.42. The van der Waals surface area contributed by atoms with Gasteiger partial charge in [-0.2, -0.15) is 0 Å². The lowest BCUT2D eigenvalue weighted by Gasteiger charge is -2.31. The first kappa shape index (κ1) is 12.6. The minimum Gasteiger partial charge on any atom is -0.361 e. The van der Waals surface area contributed by atoms with Crippen LogP contribution < -0.4 is 5.32 Å². The number of aryl methyl sites for hydroxylation is 1. The van der Waals surface area contributed by atoms with E-state index in [-0.39, 0.29) is 0 Å². The molecule has 1 aliphatic heterocycles. The molecule has 2 rings (SSSR count). The summed E-state index contributed by atoms with van der Waals surface area (Å²) in [6, 6.07) is 2.74. The van der Waals surface area contributed by atoms with Crippen molar-refractivity contribution >= 4 is 0 Å². The predicted molar refractivity (Wildman–Crippen MR) is 67.8 cm³/mol. The van der Waals surface area contributed by atoms with Gasteiger partial charge in [0.1, 0.15) is 5.76 Å². The zero-order chi connectivity index (χ0) is 12.1. The van der Waals surface area contributed by atoms with E-state index >= 15 is 0 Å². The van der Waals surface area contributed by atoms with E-state index in [4.69, 9.17) is 4.52 Å². The molecule has 1 saturated heterocycles. The van der Waals surface area contributed by atoms with E-state index in [0.29, 0.717) is 6.04 Å². The summed E-state index contributed by atoms with van der Waals surface area (Å²) in [6.07, 6.45) is 3.71. The van der Waals surface area contributed by atoms with Crippen LogP contribution in [0.2, 0.25) is 0 Å². The Kier molecular flexibility index (Phi) is 4.57. The summed E-state index contributed by atoms with van der Waals surface area (Å²) in [4.78, 5) is 2.46. The van der Waals surface area contributed by atoms with Gasteiger partial charge < -0.3 is 9.84 Å². The molecule has 0 aromatic carbocycles. The average Bonchev–Trinajstić information content (AvgIpc) is 2.74. The number of likely N-dealkylation sites (tertiary alicyclic amines) is 1. The lowest BCUT2D eigenvalue weighted by atomic mass is 10.0. The van der Waals surface area contributed by atoms with Crippen molar-refractivity contribution in [3.05, 3.63) is 17.5 Å². The monoisotopic (exact) mass is 237 g/mol. The molecule has 0 radical (unpaired) electrons. The van der Waals surface area contributed by atoms with E-state index in [1.165, 1.54) is 19.3 Å². The summed E-state index contributed by atoms with van der Waals surface area (Å²) >= 11 is 0. The average molecular weight is 237 g/mol. The molecule has 0 atom stereocenters. The van der Waals surface area contributed by atoms with Crippen LogP contribution in [0.1, 0.15) is 37.6 Å². The maximum atomic E-state index is 5.09. The van der Waals surface area contributed by atoms with Crippen LogP contribution in [-0.4, -0.2) is 35.7 Å². The van der Waals surface area contributed by atoms with Crippen LogP contribution in [0.25, 0.3) is 0 Å². The first-order valence-corrected chi connectivity index (χ1v) is 6.66. The van der Waals surface area contributed by atoms with E-state index in [9.17, 15) is 0 Å². The van der Waals surface area contributed by atoms with Gasteiger partial charge in [-0.1, -0.05) is 12.1 Å². The van der Waals surface area contributed by atoms with Gasteiger partial charge in [0.05, 0.1) is 5.69 Å². The van der Waals surface area contributed by atoms with Crippen LogP contribution in [0, 0.1) is 6.92 Å². The lowest BCUT2D eigenvalue weighted by molar-refractivity contribution is 0.186. The molecule has 0 bridgehead atoms. The van der Waals surface area contributed by atoms with Crippen molar-refractivity contribution in [3.63, 3.8) is 0 Å². The number of aromatic nitrogens is 1. The first-order valence-electron chi connectivity index (χ1n) is 6.66. The molecule has 1 N–H and O–H groups in total. The Hall–Kier alpha value is -0.870. The number of nitrogens with zero attached hydrogens (tertiary/aromatic N) is 2. The molecule has 96 valence electrons. The fraction of sp³-hybridized carbons (Fsp3) is 0.769. The SMILES string of the molecule is CCCNC1CCN(Cc2cc(C)on2)CC1. The van der Waals surface area contributed by atoms with Crippen LogP contribution in [0.4, 0.5) is 0 Å².